The standard InChI is InChI=1S/C17H20N2O2.ClH/c20-17(14-7-2-1-3-8-14)18-13-15(16-9-6-12-21-16)19-10-4-5-11-19;/h1-3,6-9,12,15H,4-5,10-11,13H2,(H,18,20);1H. The van der Waals surface area contributed by atoms with Crippen LogP contribution in [0.2, 0.25) is 0 Å². The molecule has 2 aromatic rings. The minimum atomic E-state index is -0.0358. The lowest BCUT2D eigenvalue weighted by Gasteiger charge is -2.26. The van der Waals surface area contributed by atoms with E-state index in [9.17, 15) is 4.79 Å². The number of furan rings is 1. The van der Waals surface area contributed by atoms with Gasteiger partial charge < -0.3 is 9.73 Å². The van der Waals surface area contributed by atoms with Crippen molar-refractivity contribution in [2.75, 3.05) is 19.6 Å². The molecule has 0 aliphatic carbocycles. The average molecular weight is 321 g/mol. The Kier molecular flexibility index (Phi) is 6.04. The summed E-state index contributed by atoms with van der Waals surface area (Å²) >= 11 is 0. The van der Waals surface area contributed by atoms with Crippen LogP contribution in [0.25, 0.3) is 0 Å². The van der Waals surface area contributed by atoms with E-state index in [1.807, 2.05) is 42.5 Å². The molecule has 0 bridgehead atoms. The summed E-state index contributed by atoms with van der Waals surface area (Å²) in [5.41, 5.74) is 0.692. The average Bonchev–Trinajstić information content (AvgIpc) is 3.22. The fraction of sp³-hybridized carbons (Fsp3) is 0.353. The van der Waals surface area contributed by atoms with E-state index in [4.69, 9.17) is 4.42 Å². The van der Waals surface area contributed by atoms with Crippen LogP contribution in [0.5, 0.6) is 0 Å². The first-order chi connectivity index (χ1) is 10.3. The lowest BCUT2D eigenvalue weighted by atomic mass is 10.1. The molecule has 5 heteroatoms. The molecule has 3 rings (SSSR count). The van der Waals surface area contributed by atoms with Crippen LogP contribution < -0.4 is 5.32 Å². The zero-order chi connectivity index (χ0) is 14.5. The number of rotatable bonds is 5. The Hall–Kier alpha value is -1.78. The fourth-order valence-corrected chi connectivity index (χ4v) is 2.82. The van der Waals surface area contributed by atoms with Crippen LogP contribution in [0.3, 0.4) is 0 Å². The SMILES string of the molecule is Cl.O=C(NCC(c1ccco1)N1CCCC1)c1ccccc1. The maximum atomic E-state index is 12.2. The molecule has 118 valence electrons. The van der Waals surface area contributed by atoms with Crippen LogP contribution in [0.4, 0.5) is 0 Å². The molecule has 1 N–H and O–H groups in total. The molecule has 1 atom stereocenters. The molecule has 0 spiro atoms. The number of hydrogen-bond donors (Lipinski definition) is 1. The Bertz CT molecular complexity index is 566. The molecular formula is C17H21ClN2O2. The second-order valence-corrected chi connectivity index (χ2v) is 5.35. The van der Waals surface area contributed by atoms with Crippen molar-refractivity contribution < 1.29 is 9.21 Å². The number of nitrogens with zero attached hydrogens (tertiary/aromatic N) is 1. The lowest BCUT2D eigenvalue weighted by molar-refractivity contribution is 0.0934. The monoisotopic (exact) mass is 320 g/mol. The van der Waals surface area contributed by atoms with Crippen molar-refractivity contribution in [3.8, 4) is 0 Å². The molecule has 1 aromatic heterocycles. The van der Waals surface area contributed by atoms with Gasteiger partial charge in [-0.2, -0.15) is 0 Å². The van der Waals surface area contributed by atoms with Gasteiger partial charge in [0.1, 0.15) is 5.76 Å². The van der Waals surface area contributed by atoms with Gasteiger partial charge >= 0.3 is 0 Å². The zero-order valence-electron chi connectivity index (χ0n) is 12.4. The van der Waals surface area contributed by atoms with Gasteiger partial charge in [0.25, 0.3) is 5.91 Å². The van der Waals surface area contributed by atoms with Gasteiger partial charge in [0, 0.05) is 12.1 Å². The third kappa shape index (κ3) is 3.90. The normalized spacial score (nSPS) is 16.0. The zero-order valence-corrected chi connectivity index (χ0v) is 13.2. The maximum Gasteiger partial charge on any atom is 0.251 e. The minimum Gasteiger partial charge on any atom is -0.468 e. The Labute approximate surface area is 136 Å². The number of benzene rings is 1. The molecule has 1 unspecified atom stereocenters. The van der Waals surface area contributed by atoms with E-state index in [1.165, 1.54) is 12.8 Å². The molecule has 22 heavy (non-hydrogen) atoms. The number of likely N-dealkylation sites (tertiary alicyclic amines) is 1. The van der Waals surface area contributed by atoms with E-state index in [-0.39, 0.29) is 24.4 Å². The summed E-state index contributed by atoms with van der Waals surface area (Å²) in [5.74, 6) is 0.886. The summed E-state index contributed by atoms with van der Waals surface area (Å²) in [6.45, 7) is 2.69. The van der Waals surface area contributed by atoms with Crippen molar-refractivity contribution in [2.24, 2.45) is 0 Å². The highest BCUT2D eigenvalue weighted by Gasteiger charge is 2.25. The van der Waals surface area contributed by atoms with E-state index in [0.29, 0.717) is 12.1 Å². The second-order valence-electron chi connectivity index (χ2n) is 5.35. The van der Waals surface area contributed by atoms with Gasteiger partial charge in [-0.25, -0.2) is 0 Å². The van der Waals surface area contributed by atoms with Crippen LogP contribution in [0, 0.1) is 0 Å². The number of hydrogen-bond acceptors (Lipinski definition) is 3. The van der Waals surface area contributed by atoms with Gasteiger partial charge in [-0.1, -0.05) is 18.2 Å². The molecule has 1 amide bonds. The molecule has 1 aromatic carbocycles. The molecule has 1 fully saturated rings. The highest BCUT2D eigenvalue weighted by Crippen LogP contribution is 2.24. The number of carbonyl (C=O) groups excluding carboxylic acids is 1. The molecule has 0 radical (unpaired) electrons. The Morgan fingerprint density at radius 3 is 2.50 bits per heavy atom. The Balaban J connectivity index is 0.00000176. The van der Waals surface area contributed by atoms with Gasteiger partial charge in [0.05, 0.1) is 12.3 Å². The van der Waals surface area contributed by atoms with Crippen molar-refractivity contribution in [1.29, 1.82) is 0 Å². The van der Waals surface area contributed by atoms with Crippen LogP contribution >= 0.6 is 12.4 Å². The van der Waals surface area contributed by atoms with Gasteiger partial charge in [-0.05, 0) is 50.2 Å². The largest absolute Gasteiger partial charge is 0.468 e. The Morgan fingerprint density at radius 1 is 1.14 bits per heavy atom. The van der Waals surface area contributed by atoms with E-state index in [1.54, 1.807) is 6.26 Å². The van der Waals surface area contributed by atoms with Crippen molar-refractivity contribution in [3.05, 3.63) is 60.1 Å². The van der Waals surface area contributed by atoms with Crippen LogP contribution in [-0.2, 0) is 0 Å². The Morgan fingerprint density at radius 2 is 1.86 bits per heavy atom. The molecular weight excluding hydrogens is 300 g/mol. The fourth-order valence-electron chi connectivity index (χ4n) is 2.82. The first-order valence-corrected chi connectivity index (χ1v) is 7.45. The van der Waals surface area contributed by atoms with Crippen molar-refractivity contribution >= 4 is 18.3 Å². The topological polar surface area (TPSA) is 45.5 Å². The number of amides is 1. The highest BCUT2D eigenvalue weighted by atomic mass is 35.5. The van der Waals surface area contributed by atoms with Crippen molar-refractivity contribution in [1.82, 2.24) is 10.2 Å². The second kappa shape index (κ2) is 8.01. The third-order valence-corrected chi connectivity index (χ3v) is 3.94. The lowest BCUT2D eigenvalue weighted by Crippen LogP contribution is -2.36. The van der Waals surface area contributed by atoms with E-state index < -0.39 is 0 Å². The van der Waals surface area contributed by atoms with Gasteiger partial charge in [-0.15, -0.1) is 12.4 Å². The third-order valence-electron chi connectivity index (χ3n) is 3.94. The number of halogens is 1. The predicted octanol–water partition coefficient (Wildman–Crippen LogP) is 3.27. The predicted molar refractivity (Wildman–Crippen MR) is 88.3 cm³/mol. The van der Waals surface area contributed by atoms with Crippen molar-refractivity contribution in [3.63, 3.8) is 0 Å². The first kappa shape index (κ1) is 16.6. The summed E-state index contributed by atoms with van der Waals surface area (Å²) < 4.78 is 5.55. The van der Waals surface area contributed by atoms with E-state index in [2.05, 4.69) is 10.2 Å². The molecule has 2 heterocycles. The highest BCUT2D eigenvalue weighted by molar-refractivity contribution is 5.94. The molecule has 4 nitrogen and oxygen atoms in total. The maximum absolute atomic E-state index is 12.2. The molecule has 1 aliphatic heterocycles. The number of carbonyl (C=O) groups is 1. The summed E-state index contributed by atoms with van der Waals surface area (Å²) in [7, 11) is 0. The van der Waals surface area contributed by atoms with Crippen LogP contribution in [-0.4, -0.2) is 30.4 Å². The smallest absolute Gasteiger partial charge is 0.251 e. The molecule has 0 saturated carbocycles. The first-order valence-electron chi connectivity index (χ1n) is 7.45. The van der Waals surface area contributed by atoms with Crippen LogP contribution in [0.1, 0.15) is 35.0 Å². The van der Waals surface area contributed by atoms with Crippen LogP contribution in [0.15, 0.2) is 53.1 Å². The van der Waals surface area contributed by atoms with E-state index >= 15 is 0 Å². The summed E-state index contributed by atoms with van der Waals surface area (Å²) in [5, 5.41) is 3.02. The van der Waals surface area contributed by atoms with E-state index in [0.717, 1.165) is 18.8 Å². The molecule has 1 saturated heterocycles. The quantitative estimate of drug-likeness (QED) is 0.919. The van der Waals surface area contributed by atoms with Crippen molar-refractivity contribution in [2.45, 2.75) is 18.9 Å². The summed E-state index contributed by atoms with van der Waals surface area (Å²) in [6, 6.07) is 13.3. The van der Waals surface area contributed by atoms with Gasteiger partial charge in [0.15, 0.2) is 0 Å². The minimum absolute atomic E-state index is 0. The van der Waals surface area contributed by atoms with Gasteiger partial charge in [-0.3, -0.25) is 9.69 Å². The van der Waals surface area contributed by atoms with Gasteiger partial charge in [0.2, 0.25) is 0 Å². The summed E-state index contributed by atoms with van der Waals surface area (Å²) in [6.07, 6.45) is 4.12. The summed E-state index contributed by atoms with van der Waals surface area (Å²) in [4.78, 5) is 14.6. The molecule has 1 aliphatic rings. The number of nitrogens with one attached hydrogen (secondary N) is 1.